The number of carbonyl (C=O) groups excluding carboxylic acids is 3. The van der Waals surface area contributed by atoms with Crippen molar-refractivity contribution in [3.8, 4) is 0 Å². The van der Waals surface area contributed by atoms with Gasteiger partial charge in [0.15, 0.2) is 0 Å². The van der Waals surface area contributed by atoms with Gasteiger partial charge in [0, 0.05) is 12.5 Å². The standard InChI is InChI=1S/C20H27NO6/c1-4-16(19(23)26-3)17(12-8-9-13-18(22)25-2)21-20(24)27-14-15-10-6-5-7-11-15/h4-7,10-11,16-17H,1,8-9,12-14H2,2-3H3,(H,21,24). The fraction of sp³-hybridized carbons (Fsp3) is 0.450. The molecule has 1 aromatic rings. The maximum atomic E-state index is 12.2. The maximum absolute atomic E-state index is 12.2. The van der Waals surface area contributed by atoms with Crippen molar-refractivity contribution >= 4 is 18.0 Å². The van der Waals surface area contributed by atoms with Gasteiger partial charge in [0.1, 0.15) is 6.61 Å². The van der Waals surface area contributed by atoms with E-state index in [9.17, 15) is 14.4 Å². The van der Waals surface area contributed by atoms with E-state index in [1.54, 1.807) is 0 Å². The lowest BCUT2D eigenvalue weighted by Crippen LogP contribution is -2.43. The summed E-state index contributed by atoms with van der Waals surface area (Å²) >= 11 is 0. The Kier molecular flexibility index (Phi) is 10.3. The first kappa shape index (κ1) is 22.2. The number of unbranched alkanes of at least 4 members (excludes halogenated alkanes) is 1. The number of carbonyl (C=O) groups is 3. The average Bonchev–Trinajstić information content (AvgIpc) is 2.70. The number of esters is 2. The highest BCUT2D eigenvalue weighted by Crippen LogP contribution is 2.16. The van der Waals surface area contributed by atoms with E-state index < -0.39 is 24.0 Å². The van der Waals surface area contributed by atoms with Crippen molar-refractivity contribution in [2.45, 2.75) is 38.3 Å². The van der Waals surface area contributed by atoms with E-state index in [-0.39, 0.29) is 19.0 Å². The van der Waals surface area contributed by atoms with Crippen LogP contribution in [0.2, 0.25) is 0 Å². The zero-order chi connectivity index (χ0) is 20.1. The van der Waals surface area contributed by atoms with Gasteiger partial charge in [-0.25, -0.2) is 4.79 Å². The summed E-state index contributed by atoms with van der Waals surface area (Å²) in [5, 5.41) is 2.71. The number of hydrogen-bond donors (Lipinski definition) is 1. The molecule has 0 aliphatic rings. The number of rotatable bonds is 11. The summed E-state index contributed by atoms with van der Waals surface area (Å²) < 4.78 is 14.6. The highest BCUT2D eigenvalue weighted by atomic mass is 16.5. The third kappa shape index (κ3) is 8.40. The highest BCUT2D eigenvalue weighted by molar-refractivity contribution is 5.76. The molecule has 0 saturated heterocycles. The maximum Gasteiger partial charge on any atom is 0.407 e. The number of methoxy groups -OCH3 is 2. The van der Waals surface area contributed by atoms with Crippen molar-refractivity contribution in [1.82, 2.24) is 5.32 Å². The van der Waals surface area contributed by atoms with Crippen molar-refractivity contribution in [2.75, 3.05) is 14.2 Å². The molecule has 27 heavy (non-hydrogen) atoms. The molecule has 0 fully saturated rings. The van der Waals surface area contributed by atoms with Crippen molar-refractivity contribution in [2.24, 2.45) is 5.92 Å². The third-order valence-electron chi connectivity index (χ3n) is 4.05. The lowest BCUT2D eigenvalue weighted by atomic mass is 9.94. The average molecular weight is 377 g/mol. The number of nitrogens with one attached hydrogen (secondary N) is 1. The summed E-state index contributed by atoms with van der Waals surface area (Å²) in [7, 11) is 2.61. The van der Waals surface area contributed by atoms with Crippen LogP contribution < -0.4 is 5.32 Å². The summed E-state index contributed by atoms with van der Waals surface area (Å²) in [6.07, 6.45) is 2.73. The van der Waals surface area contributed by atoms with Crippen LogP contribution in [0.15, 0.2) is 43.0 Å². The van der Waals surface area contributed by atoms with Crippen molar-refractivity contribution in [3.63, 3.8) is 0 Å². The number of alkyl carbamates (subject to hydrolysis) is 1. The SMILES string of the molecule is C=CC(C(=O)OC)C(CCCCC(=O)OC)NC(=O)OCc1ccccc1. The second-order valence-electron chi connectivity index (χ2n) is 5.92. The molecule has 2 unspecified atom stereocenters. The fourth-order valence-electron chi connectivity index (χ4n) is 2.55. The van der Waals surface area contributed by atoms with Crippen molar-refractivity contribution in [3.05, 3.63) is 48.6 Å². The van der Waals surface area contributed by atoms with Gasteiger partial charge in [-0.2, -0.15) is 0 Å². The minimum atomic E-state index is -0.711. The highest BCUT2D eigenvalue weighted by Gasteiger charge is 2.28. The number of benzene rings is 1. The van der Waals surface area contributed by atoms with Crippen molar-refractivity contribution < 1.29 is 28.6 Å². The first-order chi connectivity index (χ1) is 13.0. The van der Waals surface area contributed by atoms with Gasteiger partial charge in [-0.15, -0.1) is 6.58 Å². The molecular weight excluding hydrogens is 350 g/mol. The van der Waals surface area contributed by atoms with Crippen LogP contribution in [-0.2, 0) is 30.4 Å². The topological polar surface area (TPSA) is 90.9 Å². The first-order valence-corrected chi connectivity index (χ1v) is 8.76. The predicted molar refractivity (Wildman–Crippen MR) is 99.7 cm³/mol. The number of hydrogen-bond acceptors (Lipinski definition) is 6. The second-order valence-corrected chi connectivity index (χ2v) is 5.92. The summed E-state index contributed by atoms with van der Waals surface area (Å²) in [5.74, 6) is -1.50. The van der Waals surface area contributed by atoms with Gasteiger partial charge in [0.25, 0.3) is 0 Å². The molecule has 0 aromatic heterocycles. The minimum Gasteiger partial charge on any atom is -0.469 e. The largest absolute Gasteiger partial charge is 0.469 e. The van der Waals surface area contributed by atoms with Gasteiger partial charge in [0.2, 0.25) is 0 Å². The summed E-state index contributed by atoms with van der Waals surface area (Å²) in [6, 6.07) is 8.73. The Hall–Kier alpha value is -2.83. The van der Waals surface area contributed by atoms with Crippen LogP contribution in [0.25, 0.3) is 0 Å². The first-order valence-electron chi connectivity index (χ1n) is 8.76. The summed E-state index contributed by atoms with van der Waals surface area (Å²) in [4.78, 5) is 35.3. The molecule has 0 bridgehead atoms. The predicted octanol–water partition coefficient (Wildman–Crippen LogP) is 2.99. The van der Waals surface area contributed by atoms with Crippen LogP contribution in [0.4, 0.5) is 4.79 Å². The Bertz CT molecular complexity index is 616. The molecule has 0 aliphatic carbocycles. The van der Waals surface area contributed by atoms with Crippen LogP contribution in [0.3, 0.4) is 0 Å². The fourth-order valence-corrected chi connectivity index (χ4v) is 2.55. The van der Waals surface area contributed by atoms with Crippen LogP contribution >= 0.6 is 0 Å². The molecule has 2 atom stereocenters. The van der Waals surface area contributed by atoms with Gasteiger partial charge in [0.05, 0.1) is 20.1 Å². The lowest BCUT2D eigenvalue weighted by Gasteiger charge is -2.23. The zero-order valence-electron chi connectivity index (χ0n) is 15.8. The van der Waals surface area contributed by atoms with E-state index in [4.69, 9.17) is 9.47 Å². The van der Waals surface area contributed by atoms with E-state index >= 15 is 0 Å². The molecule has 0 radical (unpaired) electrons. The Labute approximate surface area is 159 Å². The Morgan fingerprint density at radius 2 is 1.81 bits per heavy atom. The normalized spacial score (nSPS) is 12.4. The molecule has 0 saturated carbocycles. The molecule has 1 amide bonds. The van der Waals surface area contributed by atoms with Crippen LogP contribution in [0, 0.1) is 5.92 Å². The minimum absolute atomic E-state index is 0.124. The quantitative estimate of drug-likeness (QED) is 0.276. The molecule has 1 N–H and O–H groups in total. The van der Waals surface area contributed by atoms with Gasteiger partial charge in [-0.1, -0.05) is 42.8 Å². The van der Waals surface area contributed by atoms with E-state index in [2.05, 4.69) is 16.6 Å². The molecule has 7 heteroatoms. The molecule has 0 spiro atoms. The lowest BCUT2D eigenvalue weighted by molar-refractivity contribution is -0.145. The van der Waals surface area contributed by atoms with Gasteiger partial charge >= 0.3 is 18.0 Å². The smallest absolute Gasteiger partial charge is 0.407 e. The Morgan fingerprint density at radius 1 is 1.11 bits per heavy atom. The summed E-state index contributed by atoms with van der Waals surface area (Å²) in [5.41, 5.74) is 0.857. The summed E-state index contributed by atoms with van der Waals surface area (Å²) in [6.45, 7) is 3.78. The van der Waals surface area contributed by atoms with Crippen molar-refractivity contribution in [1.29, 1.82) is 0 Å². The second kappa shape index (κ2) is 12.5. The molecule has 1 rings (SSSR count). The van der Waals surface area contributed by atoms with Gasteiger partial charge < -0.3 is 19.5 Å². The molecule has 0 heterocycles. The van der Waals surface area contributed by atoms with Crippen LogP contribution in [0.1, 0.15) is 31.2 Å². The Morgan fingerprint density at radius 3 is 2.41 bits per heavy atom. The van der Waals surface area contributed by atoms with Crippen LogP contribution in [-0.4, -0.2) is 38.3 Å². The number of ether oxygens (including phenoxy) is 3. The van der Waals surface area contributed by atoms with Gasteiger partial charge in [-0.05, 0) is 18.4 Å². The third-order valence-corrected chi connectivity index (χ3v) is 4.05. The van der Waals surface area contributed by atoms with E-state index in [1.165, 1.54) is 20.3 Å². The molecular formula is C20H27NO6. The van der Waals surface area contributed by atoms with E-state index in [0.29, 0.717) is 19.3 Å². The monoisotopic (exact) mass is 377 g/mol. The van der Waals surface area contributed by atoms with Crippen LogP contribution in [0.5, 0.6) is 0 Å². The molecule has 0 aliphatic heterocycles. The number of amides is 1. The molecule has 148 valence electrons. The molecule has 1 aromatic carbocycles. The van der Waals surface area contributed by atoms with E-state index in [0.717, 1.165) is 5.56 Å². The molecule has 7 nitrogen and oxygen atoms in total. The zero-order valence-corrected chi connectivity index (χ0v) is 15.8. The Balaban J connectivity index is 2.62. The van der Waals surface area contributed by atoms with E-state index in [1.807, 2.05) is 30.3 Å². The van der Waals surface area contributed by atoms with Gasteiger partial charge in [-0.3, -0.25) is 9.59 Å².